The van der Waals surface area contributed by atoms with Crippen molar-refractivity contribution in [3.63, 3.8) is 0 Å². The lowest BCUT2D eigenvalue weighted by atomic mass is 9.99. The van der Waals surface area contributed by atoms with Crippen LogP contribution in [-0.2, 0) is 15.2 Å². The highest BCUT2D eigenvalue weighted by atomic mass is 16.5. The number of methoxy groups -OCH3 is 1. The molecule has 0 aliphatic carbocycles. The van der Waals surface area contributed by atoms with Crippen LogP contribution in [0.1, 0.15) is 11.1 Å². The molecule has 0 saturated heterocycles. The van der Waals surface area contributed by atoms with Crippen molar-refractivity contribution in [2.24, 2.45) is 4.99 Å². The number of rotatable bonds is 1. The summed E-state index contributed by atoms with van der Waals surface area (Å²) in [5.41, 5.74) is 1.94. The average Bonchev–Trinajstić information content (AvgIpc) is 3.23. The standard InChI is InChI=1S/C20H17N5O2/c1-24-16-11-7-6-10-15(16)20(19(24)26)22-17-14(18(23-20)27-2)12-21-25(17)13-8-4-3-5-9-13/h3-12,22H,1-2H3. The van der Waals surface area contributed by atoms with Crippen molar-refractivity contribution < 1.29 is 9.53 Å². The van der Waals surface area contributed by atoms with Gasteiger partial charge in [0.1, 0.15) is 5.82 Å². The Bertz CT molecular complexity index is 1090. The number of hydrogen-bond acceptors (Lipinski definition) is 5. The highest BCUT2D eigenvalue weighted by molar-refractivity contribution is 6.13. The predicted molar refractivity (Wildman–Crippen MR) is 102 cm³/mol. The van der Waals surface area contributed by atoms with E-state index in [0.717, 1.165) is 16.9 Å². The summed E-state index contributed by atoms with van der Waals surface area (Å²) in [6.07, 6.45) is 1.69. The maximum Gasteiger partial charge on any atom is 0.280 e. The van der Waals surface area contributed by atoms with E-state index >= 15 is 0 Å². The number of para-hydroxylation sites is 2. The molecule has 0 saturated carbocycles. The Labute approximate surface area is 155 Å². The summed E-state index contributed by atoms with van der Waals surface area (Å²) in [5, 5.41) is 7.85. The predicted octanol–water partition coefficient (Wildman–Crippen LogP) is 2.52. The van der Waals surface area contributed by atoms with Crippen molar-refractivity contribution in [3.05, 3.63) is 71.9 Å². The smallest absolute Gasteiger partial charge is 0.280 e. The molecule has 7 heteroatoms. The van der Waals surface area contributed by atoms with Crippen molar-refractivity contribution in [1.82, 2.24) is 9.78 Å². The first-order chi connectivity index (χ1) is 13.2. The molecule has 134 valence electrons. The number of fused-ring (bicyclic) bond motifs is 3. The largest absolute Gasteiger partial charge is 0.481 e. The third-order valence-corrected chi connectivity index (χ3v) is 5.03. The number of nitrogens with zero attached hydrogens (tertiary/aromatic N) is 4. The lowest BCUT2D eigenvalue weighted by molar-refractivity contribution is -0.121. The SMILES string of the molecule is COC1=NC2(Nc3c1cnn3-c1ccccc1)C(=O)N(C)c1ccccc12. The Balaban J connectivity index is 1.75. The molecule has 0 radical (unpaired) electrons. The zero-order chi connectivity index (χ0) is 18.6. The molecule has 1 N–H and O–H groups in total. The van der Waals surface area contributed by atoms with E-state index in [4.69, 9.17) is 9.73 Å². The maximum absolute atomic E-state index is 13.3. The number of aromatic nitrogens is 2. The summed E-state index contributed by atoms with van der Waals surface area (Å²) in [4.78, 5) is 19.6. The zero-order valence-electron chi connectivity index (χ0n) is 14.9. The van der Waals surface area contributed by atoms with Gasteiger partial charge in [-0.1, -0.05) is 36.4 Å². The molecule has 2 aromatic carbocycles. The van der Waals surface area contributed by atoms with Gasteiger partial charge in [0.15, 0.2) is 0 Å². The summed E-state index contributed by atoms with van der Waals surface area (Å²) >= 11 is 0. The molecule has 0 bridgehead atoms. The lowest BCUT2D eigenvalue weighted by Gasteiger charge is -2.31. The van der Waals surface area contributed by atoms with Crippen molar-refractivity contribution in [3.8, 4) is 5.69 Å². The highest BCUT2D eigenvalue weighted by Crippen LogP contribution is 2.45. The van der Waals surface area contributed by atoms with Gasteiger partial charge in [-0.3, -0.25) is 4.79 Å². The van der Waals surface area contributed by atoms with E-state index in [-0.39, 0.29) is 5.91 Å². The number of hydrogen-bond donors (Lipinski definition) is 1. The van der Waals surface area contributed by atoms with Gasteiger partial charge in [0.2, 0.25) is 11.6 Å². The molecule has 1 spiro atoms. The number of carbonyl (C=O) groups is 1. The summed E-state index contributed by atoms with van der Waals surface area (Å²) in [7, 11) is 3.31. The van der Waals surface area contributed by atoms with Gasteiger partial charge in [-0.25, -0.2) is 9.67 Å². The molecular formula is C20H17N5O2. The second-order valence-electron chi connectivity index (χ2n) is 6.49. The molecule has 2 aliphatic heterocycles. The molecule has 3 heterocycles. The monoisotopic (exact) mass is 359 g/mol. The quantitative estimate of drug-likeness (QED) is 0.725. The topological polar surface area (TPSA) is 71.7 Å². The Morgan fingerprint density at radius 2 is 1.81 bits per heavy atom. The van der Waals surface area contributed by atoms with Crippen LogP contribution in [-0.4, -0.2) is 35.7 Å². The van der Waals surface area contributed by atoms with E-state index in [2.05, 4.69) is 10.4 Å². The summed E-state index contributed by atoms with van der Waals surface area (Å²) < 4.78 is 7.30. The summed E-state index contributed by atoms with van der Waals surface area (Å²) in [6, 6.07) is 17.4. The second kappa shape index (κ2) is 5.44. The van der Waals surface area contributed by atoms with Gasteiger partial charge in [-0.2, -0.15) is 5.10 Å². The molecule has 2 aliphatic rings. The van der Waals surface area contributed by atoms with E-state index in [0.29, 0.717) is 17.3 Å². The molecule has 3 aromatic rings. The zero-order valence-corrected chi connectivity index (χ0v) is 14.9. The highest BCUT2D eigenvalue weighted by Gasteiger charge is 2.53. The lowest BCUT2D eigenvalue weighted by Crippen LogP contribution is -2.47. The first kappa shape index (κ1) is 15.6. The Morgan fingerprint density at radius 1 is 1.07 bits per heavy atom. The van der Waals surface area contributed by atoms with Crippen LogP contribution in [0.25, 0.3) is 5.69 Å². The Hall–Kier alpha value is -3.61. The number of nitrogens with one attached hydrogen (secondary N) is 1. The molecule has 1 aromatic heterocycles. The van der Waals surface area contributed by atoms with Crippen LogP contribution in [0.3, 0.4) is 0 Å². The number of amides is 1. The normalized spacial score (nSPS) is 20.1. The minimum Gasteiger partial charge on any atom is -0.481 e. The number of aliphatic imine (C=N–C) groups is 1. The van der Waals surface area contributed by atoms with Crippen LogP contribution in [0.5, 0.6) is 0 Å². The van der Waals surface area contributed by atoms with Gasteiger partial charge in [-0.15, -0.1) is 0 Å². The number of anilines is 2. The van der Waals surface area contributed by atoms with Crippen molar-refractivity contribution in [1.29, 1.82) is 0 Å². The molecule has 1 unspecified atom stereocenters. The van der Waals surface area contributed by atoms with E-state index in [9.17, 15) is 4.79 Å². The van der Waals surface area contributed by atoms with Crippen LogP contribution in [0.15, 0.2) is 65.8 Å². The van der Waals surface area contributed by atoms with Crippen LogP contribution in [0.4, 0.5) is 11.5 Å². The van der Waals surface area contributed by atoms with E-state index in [1.165, 1.54) is 0 Å². The summed E-state index contributed by atoms with van der Waals surface area (Å²) in [6.45, 7) is 0. The fraction of sp³-hybridized carbons (Fsp3) is 0.150. The molecule has 5 rings (SSSR count). The average molecular weight is 359 g/mol. The third kappa shape index (κ3) is 1.99. The third-order valence-electron chi connectivity index (χ3n) is 5.03. The first-order valence-corrected chi connectivity index (χ1v) is 8.59. The van der Waals surface area contributed by atoms with Gasteiger partial charge >= 0.3 is 0 Å². The van der Waals surface area contributed by atoms with Crippen LogP contribution >= 0.6 is 0 Å². The molecule has 1 atom stereocenters. The minimum atomic E-state index is -1.27. The molecule has 7 nitrogen and oxygen atoms in total. The Kier molecular flexibility index (Phi) is 3.15. The van der Waals surface area contributed by atoms with E-state index in [1.54, 1.807) is 29.9 Å². The minimum absolute atomic E-state index is 0.162. The summed E-state index contributed by atoms with van der Waals surface area (Å²) in [5.74, 6) is 0.889. The van der Waals surface area contributed by atoms with Gasteiger partial charge in [0.25, 0.3) is 5.91 Å². The molecule has 1 amide bonds. The molecule has 0 fully saturated rings. The van der Waals surface area contributed by atoms with E-state index < -0.39 is 5.66 Å². The van der Waals surface area contributed by atoms with Crippen molar-refractivity contribution >= 4 is 23.3 Å². The van der Waals surface area contributed by atoms with Crippen LogP contribution < -0.4 is 10.2 Å². The van der Waals surface area contributed by atoms with Crippen molar-refractivity contribution in [2.75, 3.05) is 24.4 Å². The first-order valence-electron chi connectivity index (χ1n) is 8.59. The number of carbonyl (C=O) groups excluding carboxylic acids is 1. The second-order valence-corrected chi connectivity index (χ2v) is 6.49. The number of benzene rings is 2. The van der Waals surface area contributed by atoms with Crippen LogP contribution in [0.2, 0.25) is 0 Å². The van der Waals surface area contributed by atoms with Crippen LogP contribution in [0, 0.1) is 0 Å². The fourth-order valence-electron chi connectivity index (χ4n) is 3.73. The van der Waals surface area contributed by atoms with Crippen molar-refractivity contribution in [2.45, 2.75) is 5.66 Å². The number of likely N-dealkylation sites (N-methyl/N-ethyl adjacent to an activating group) is 1. The van der Waals surface area contributed by atoms with Gasteiger partial charge in [0, 0.05) is 12.6 Å². The molecular weight excluding hydrogens is 342 g/mol. The van der Waals surface area contributed by atoms with Gasteiger partial charge in [-0.05, 0) is 18.2 Å². The van der Waals surface area contributed by atoms with E-state index in [1.807, 2.05) is 54.6 Å². The molecule has 27 heavy (non-hydrogen) atoms. The van der Waals surface area contributed by atoms with Gasteiger partial charge in [0.05, 0.1) is 30.2 Å². The fourth-order valence-corrected chi connectivity index (χ4v) is 3.73. The number of ether oxygens (including phenoxy) is 1. The maximum atomic E-state index is 13.3. The van der Waals surface area contributed by atoms with Gasteiger partial charge < -0.3 is 15.0 Å². The Morgan fingerprint density at radius 3 is 2.59 bits per heavy atom.